The van der Waals surface area contributed by atoms with Crippen LogP contribution in [0.3, 0.4) is 0 Å². The lowest BCUT2D eigenvalue weighted by Gasteiger charge is -2.01. The van der Waals surface area contributed by atoms with E-state index in [2.05, 4.69) is 9.97 Å². The summed E-state index contributed by atoms with van der Waals surface area (Å²) in [5.41, 5.74) is 0.661. The van der Waals surface area contributed by atoms with Gasteiger partial charge in [0.15, 0.2) is 0 Å². The molecule has 0 aliphatic rings. The average molecular weight is 223 g/mol. The third-order valence-corrected chi connectivity index (χ3v) is 2.20. The summed E-state index contributed by atoms with van der Waals surface area (Å²) < 4.78 is 0. The molecule has 0 unspecified atom stereocenters. The van der Waals surface area contributed by atoms with Gasteiger partial charge in [-0.05, 0) is 12.1 Å². The zero-order valence-electron chi connectivity index (χ0n) is 7.64. The number of hydrogen-bond donors (Lipinski definition) is 1. The van der Waals surface area contributed by atoms with Crippen LogP contribution in [0, 0.1) is 0 Å². The van der Waals surface area contributed by atoms with Crippen LogP contribution in [0.2, 0.25) is 5.15 Å². The minimum atomic E-state index is -0.971. The molecule has 0 aliphatic carbocycles. The first-order chi connectivity index (χ1) is 7.16. The summed E-state index contributed by atoms with van der Waals surface area (Å²) in [4.78, 5) is 18.5. The van der Waals surface area contributed by atoms with Gasteiger partial charge < -0.3 is 5.11 Å². The van der Waals surface area contributed by atoms with E-state index in [4.69, 9.17) is 16.7 Å². The lowest BCUT2D eigenvalue weighted by molar-refractivity contribution is -0.136. The molecule has 4 nitrogen and oxygen atoms in total. The van der Waals surface area contributed by atoms with Crippen LogP contribution >= 0.6 is 11.6 Å². The van der Waals surface area contributed by atoms with E-state index in [1.54, 1.807) is 12.1 Å². The van der Waals surface area contributed by atoms with Crippen molar-refractivity contribution in [3.8, 4) is 0 Å². The number of aromatic nitrogens is 2. The number of aliphatic carboxylic acids is 1. The van der Waals surface area contributed by atoms with Gasteiger partial charge in [-0.3, -0.25) is 4.79 Å². The minimum Gasteiger partial charge on any atom is -0.481 e. The second-order valence-electron chi connectivity index (χ2n) is 3.02. The fourth-order valence-corrected chi connectivity index (χ4v) is 1.55. The van der Waals surface area contributed by atoms with Gasteiger partial charge in [-0.25, -0.2) is 9.97 Å². The number of hydrogen-bond acceptors (Lipinski definition) is 3. The number of rotatable bonds is 2. The van der Waals surface area contributed by atoms with E-state index in [0.29, 0.717) is 5.52 Å². The highest BCUT2D eigenvalue weighted by Gasteiger charge is 2.08. The van der Waals surface area contributed by atoms with Gasteiger partial charge >= 0.3 is 5.97 Å². The molecule has 0 radical (unpaired) electrons. The third kappa shape index (κ3) is 2.05. The van der Waals surface area contributed by atoms with Crippen molar-refractivity contribution in [2.45, 2.75) is 6.42 Å². The molecule has 0 fully saturated rings. The van der Waals surface area contributed by atoms with Crippen molar-refractivity contribution in [2.75, 3.05) is 0 Å². The molecule has 0 bridgehead atoms. The molecular formula is C10H7ClN2O2. The predicted octanol–water partition coefficient (Wildman–Crippen LogP) is 1.91. The van der Waals surface area contributed by atoms with Gasteiger partial charge in [0.2, 0.25) is 0 Å². The number of para-hydroxylation sites is 1. The molecule has 1 aromatic heterocycles. The van der Waals surface area contributed by atoms with E-state index in [9.17, 15) is 4.79 Å². The molecule has 0 spiro atoms. The molecule has 0 atom stereocenters. The van der Waals surface area contributed by atoms with Crippen LogP contribution in [0.5, 0.6) is 0 Å². The quantitative estimate of drug-likeness (QED) is 0.789. The molecule has 2 rings (SSSR count). The van der Waals surface area contributed by atoms with Crippen LogP contribution in [0.15, 0.2) is 24.3 Å². The molecule has 1 N–H and O–H groups in total. The Bertz CT molecular complexity index is 528. The molecule has 0 aliphatic heterocycles. The zero-order valence-corrected chi connectivity index (χ0v) is 8.40. The third-order valence-electron chi connectivity index (χ3n) is 1.91. The highest BCUT2D eigenvalue weighted by atomic mass is 35.5. The summed E-state index contributed by atoms with van der Waals surface area (Å²) >= 11 is 5.90. The van der Waals surface area contributed by atoms with Crippen LogP contribution < -0.4 is 0 Å². The Balaban J connectivity index is 2.57. The van der Waals surface area contributed by atoms with Crippen LogP contribution in [0.4, 0.5) is 0 Å². The van der Waals surface area contributed by atoms with Crippen LogP contribution in [-0.2, 0) is 11.2 Å². The lowest BCUT2D eigenvalue weighted by Crippen LogP contribution is -2.05. The van der Waals surface area contributed by atoms with Gasteiger partial charge in [0.05, 0.1) is 5.52 Å². The maximum Gasteiger partial charge on any atom is 0.311 e. The average Bonchev–Trinajstić information content (AvgIpc) is 2.16. The Morgan fingerprint density at radius 1 is 1.33 bits per heavy atom. The van der Waals surface area contributed by atoms with Crippen molar-refractivity contribution >= 4 is 28.5 Å². The van der Waals surface area contributed by atoms with Crippen LogP contribution in [-0.4, -0.2) is 21.0 Å². The summed E-state index contributed by atoms with van der Waals surface area (Å²) in [5.74, 6) is -0.743. The monoisotopic (exact) mass is 222 g/mol. The number of carboxylic acids is 1. The van der Waals surface area contributed by atoms with E-state index >= 15 is 0 Å². The van der Waals surface area contributed by atoms with Crippen molar-refractivity contribution in [3.05, 3.63) is 35.2 Å². The summed E-state index contributed by atoms with van der Waals surface area (Å²) in [6.07, 6.45) is -0.218. The number of nitrogens with zero attached hydrogens (tertiary/aromatic N) is 2. The number of halogens is 1. The topological polar surface area (TPSA) is 63.1 Å². The first kappa shape index (κ1) is 9.86. The van der Waals surface area contributed by atoms with Crippen LogP contribution in [0.1, 0.15) is 5.82 Å². The Labute approximate surface area is 90.5 Å². The van der Waals surface area contributed by atoms with E-state index in [-0.39, 0.29) is 17.4 Å². The number of carboxylic acid groups (broad SMARTS) is 1. The molecule has 1 aromatic carbocycles. The number of fused-ring (bicyclic) bond motifs is 1. The van der Waals surface area contributed by atoms with Crippen molar-refractivity contribution in [2.24, 2.45) is 0 Å². The maximum atomic E-state index is 10.5. The Hall–Kier alpha value is -1.68. The molecule has 0 saturated carbocycles. The second-order valence-corrected chi connectivity index (χ2v) is 3.38. The molecule has 1 heterocycles. The number of benzene rings is 1. The van der Waals surface area contributed by atoms with E-state index in [1.165, 1.54) is 0 Å². The van der Waals surface area contributed by atoms with Crippen LogP contribution in [0.25, 0.3) is 10.9 Å². The highest BCUT2D eigenvalue weighted by Crippen LogP contribution is 2.19. The van der Waals surface area contributed by atoms with E-state index in [0.717, 1.165) is 5.39 Å². The molecule has 2 aromatic rings. The first-order valence-corrected chi connectivity index (χ1v) is 4.67. The van der Waals surface area contributed by atoms with Crippen molar-refractivity contribution < 1.29 is 9.90 Å². The van der Waals surface area contributed by atoms with Crippen molar-refractivity contribution in [3.63, 3.8) is 0 Å². The van der Waals surface area contributed by atoms with Gasteiger partial charge in [-0.1, -0.05) is 23.7 Å². The molecule has 5 heteroatoms. The van der Waals surface area contributed by atoms with Gasteiger partial charge in [0.25, 0.3) is 0 Å². The van der Waals surface area contributed by atoms with Gasteiger partial charge in [-0.15, -0.1) is 0 Å². The largest absolute Gasteiger partial charge is 0.481 e. The fourth-order valence-electron chi connectivity index (χ4n) is 1.30. The van der Waals surface area contributed by atoms with Gasteiger partial charge in [-0.2, -0.15) is 0 Å². The van der Waals surface area contributed by atoms with Crippen molar-refractivity contribution in [1.29, 1.82) is 0 Å². The smallest absolute Gasteiger partial charge is 0.311 e. The first-order valence-electron chi connectivity index (χ1n) is 4.30. The molecule has 76 valence electrons. The Morgan fingerprint density at radius 2 is 2.07 bits per heavy atom. The summed E-state index contributed by atoms with van der Waals surface area (Å²) in [5, 5.41) is 9.63. The minimum absolute atomic E-state index is 0.218. The standard InChI is InChI=1S/C10H7ClN2O2/c11-10-6-3-1-2-4-7(6)12-8(13-10)5-9(14)15/h1-4H,5H2,(H,14,15). The molecule has 0 amide bonds. The lowest BCUT2D eigenvalue weighted by atomic mass is 10.2. The molecule has 0 saturated heterocycles. The Kier molecular flexibility index (Phi) is 2.51. The predicted molar refractivity (Wildman–Crippen MR) is 55.9 cm³/mol. The molecular weight excluding hydrogens is 216 g/mol. The highest BCUT2D eigenvalue weighted by molar-refractivity contribution is 6.34. The zero-order chi connectivity index (χ0) is 10.8. The normalized spacial score (nSPS) is 10.5. The van der Waals surface area contributed by atoms with E-state index in [1.807, 2.05) is 12.1 Å². The second kappa shape index (κ2) is 3.82. The van der Waals surface area contributed by atoms with Gasteiger partial charge in [0.1, 0.15) is 17.4 Å². The Morgan fingerprint density at radius 3 is 2.80 bits per heavy atom. The summed E-state index contributed by atoms with van der Waals surface area (Å²) in [6.45, 7) is 0. The molecule has 15 heavy (non-hydrogen) atoms. The summed E-state index contributed by atoms with van der Waals surface area (Å²) in [6, 6.07) is 7.21. The number of carbonyl (C=O) groups is 1. The van der Waals surface area contributed by atoms with Gasteiger partial charge in [0, 0.05) is 5.39 Å². The SMILES string of the molecule is O=C(O)Cc1nc(Cl)c2ccccc2n1. The van der Waals surface area contributed by atoms with Crippen molar-refractivity contribution in [1.82, 2.24) is 9.97 Å². The fraction of sp³-hybridized carbons (Fsp3) is 0.100. The summed E-state index contributed by atoms with van der Waals surface area (Å²) in [7, 11) is 0. The maximum absolute atomic E-state index is 10.5. The van der Waals surface area contributed by atoms with E-state index < -0.39 is 5.97 Å².